The number of carbonyl (C=O) groups excluding carboxylic acids is 1. The Hall–Kier alpha value is -3.42. The zero-order valence-corrected chi connectivity index (χ0v) is 24.5. The molecule has 2 fully saturated rings. The number of carbonyl (C=O) groups is 1. The Morgan fingerprint density at radius 3 is 2.70 bits per heavy atom. The smallest absolute Gasteiger partial charge is 0.379 e. The van der Waals surface area contributed by atoms with E-state index in [4.69, 9.17) is 45.2 Å². The van der Waals surface area contributed by atoms with Crippen LogP contribution in [-0.4, -0.2) is 98.4 Å². The lowest BCUT2D eigenvalue weighted by molar-refractivity contribution is -0.0728. The molecule has 0 bridgehead atoms. The van der Waals surface area contributed by atoms with E-state index in [-0.39, 0.29) is 36.7 Å². The molecule has 2 aromatic rings. The number of phosphoric ester groups is 1. The molecule has 7 atom stereocenters. The Kier molecular flexibility index (Phi) is 10.5. The molecule has 2 saturated heterocycles. The number of phosphoric acid groups is 1. The number of guanidine groups is 1. The van der Waals surface area contributed by atoms with Crippen molar-refractivity contribution >= 4 is 36.9 Å². The second-order valence-corrected chi connectivity index (χ2v) is 10.9. The number of hydrogen-bond acceptors (Lipinski definition) is 12. The van der Waals surface area contributed by atoms with Gasteiger partial charge in [0, 0.05) is 32.3 Å². The Bertz CT molecular complexity index is 1430. The van der Waals surface area contributed by atoms with Crippen LogP contribution in [0.15, 0.2) is 28.9 Å². The van der Waals surface area contributed by atoms with E-state index < -0.39 is 62.2 Å². The van der Waals surface area contributed by atoms with E-state index in [9.17, 15) is 19.0 Å². The van der Waals surface area contributed by atoms with Crippen molar-refractivity contribution in [2.75, 3.05) is 32.2 Å². The van der Waals surface area contributed by atoms with Crippen molar-refractivity contribution in [3.05, 3.63) is 29.5 Å². The van der Waals surface area contributed by atoms with Crippen molar-refractivity contribution in [1.82, 2.24) is 24.4 Å². The van der Waals surface area contributed by atoms with Crippen molar-refractivity contribution in [3.63, 3.8) is 0 Å². The van der Waals surface area contributed by atoms with Crippen molar-refractivity contribution in [3.8, 4) is 0 Å². The molecular formula is C23H36N9O10P. The number of H-pyrrole nitrogens is 1. The fourth-order valence-electron chi connectivity index (χ4n) is 4.79. The lowest BCUT2D eigenvalue weighted by Crippen LogP contribution is -2.36. The molecule has 4 rings (SSSR count). The molecule has 4 heterocycles. The second kappa shape index (κ2) is 13.9. The summed E-state index contributed by atoms with van der Waals surface area (Å²) in [7, 11) is -4.71. The summed E-state index contributed by atoms with van der Waals surface area (Å²) >= 11 is 0. The third kappa shape index (κ3) is 7.76. The van der Waals surface area contributed by atoms with Gasteiger partial charge in [0.1, 0.15) is 30.8 Å². The molecule has 8 N–H and O–H groups in total. The van der Waals surface area contributed by atoms with Crippen LogP contribution >= 0.6 is 7.82 Å². The van der Waals surface area contributed by atoms with Crippen LogP contribution in [-0.2, 0) is 32.6 Å². The number of ether oxygens (including phenoxy) is 4. The Labute approximate surface area is 245 Å². The number of hydrogen-bond donors (Lipinski definition) is 5. The van der Waals surface area contributed by atoms with Gasteiger partial charge in [0.15, 0.2) is 17.1 Å². The Balaban J connectivity index is 1.44. The Morgan fingerprint density at radius 2 is 2.02 bits per heavy atom. The van der Waals surface area contributed by atoms with E-state index in [0.29, 0.717) is 19.6 Å². The maximum absolute atomic E-state index is 13.1. The number of nitrogens with zero attached hydrogens (tertiary/aromatic N) is 5. The zero-order valence-electron chi connectivity index (χ0n) is 23.6. The van der Waals surface area contributed by atoms with Crippen molar-refractivity contribution in [1.29, 1.82) is 0 Å². The number of anilines is 1. The third-order valence-corrected chi connectivity index (χ3v) is 7.62. The highest BCUT2D eigenvalue weighted by Gasteiger charge is 2.45. The van der Waals surface area contributed by atoms with Crippen LogP contribution < -0.4 is 22.8 Å². The Morgan fingerprint density at radius 1 is 1.28 bits per heavy atom. The number of rotatable bonds is 13. The number of fused-ring (bicyclic) bond motifs is 1. The monoisotopic (exact) mass is 629 g/mol. The molecule has 0 aliphatic carbocycles. The normalized spacial score (nSPS) is 26.8. The molecule has 43 heavy (non-hydrogen) atoms. The number of nitrogens with two attached hydrogens (primary N) is 3. The number of aromatic amines is 1. The van der Waals surface area contributed by atoms with Crippen LogP contribution in [0.5, 0.6) is 0 Å². The first-order chi connectivity index (χ1) is 20.5. The average molecular weight is 630 g/mol. The summed E-state index contributed by atoms with van der Waals surface area (Å²) in [5.41, 5.74) is 16.1. The fourth-order valence-corrected chi connectivity index (χ4v) is 5.75. The summed E-state index contributed by atoms with van der Waals surface area (Å²) < 4.78 is 48.6. The van der Waals surface area contributed by atoms with Crippen LogP contribution in [0, 0.1) is 0 Å². The molecule has 1 unspecified atom stereocenters. The van der Waals surface area contributed by atoms with Gasteiger partial charge in [-0.1, -0.05) is 6.58 Å². The van der Waals surface area contributed by atoms with E-state index in [1.807, 2.05) is 0 Å². The first-order valence-corrected chi connectivity index (χ1v) is 14.9. The lowest BCUT2D eigenvalue weighted by Gasteiger charge is -2.23. The summed E-state index contributed by atoms with van der Waals surface area (Å²) in [6, 6.07) is -0.845. The molecule has 20 heteroatoms. The van der Waals surface area contributed by atoms with Crippen LogP contribution in [0.2, 0.25) is 0 Å². The van der Waals surface area contributed by atoms with E-state index >= 15 is 0 Å². The predicted molar refractivity (Wildman–Crippen MR) is 150 cm³/mol. The highest BCUT2D eigenvalue weighted by molar-refractivity contribution is 7.47. The number of nitrogen functional groups attached to an aromatic ring is 1. The van der Waals surface area contributed by atoms with Crippen molar-refractivity contribution in [2.45, 2.75) is 63.6 Å². The number of urea groups is 1. The maximum Gasteiger partial charge on any atom is 0.472 e. The van der Waals surface area contributed by atoms with Crippen LogP contribution in [0.4, 0.5) is 10.7 Å². The number of aliphatic imine (C=N–C) groups is 1. The number of aromatic nitrogens is 4. The van der Waals surface area contributed by atoms with Gasteiger partial charge < -0.3 is 41.0 Å². The van der Waals surface area contributed by atoms with Gasteiger partial charge in [0.05, 0.1) is 25.6 Å². The third-order valence-electron chi connectivity index (χ3n) is 6.61. The van der Waals surface area contributed by atoms with Gasteiger partial charge >= 0.3 is 13.9 Å². The first kappa shape index (κ1) is 32.5. The summed E-state index contributed by atoms with van der Waals surface area (Å²) in [5, 5.41) is 0. The number of amides is 2. The van der Waals surface area contributed by atoms with Gasteiger partial charge in [-0.25, -0.2) is 14.3 Å². The van der Waals surface area contributed by atoms with E-state index in [1.165, 1.54) is 17.1 Å². The zero-order chi connectivity index (χ0) is 31.3. The summed E-state index contributed by atoms with van der Waals surface area (Å²) in [5.74, 6) is -0.548. The fraction of sp³-hybridized carbons (Fsp3) is 0.609. The topological polar surface area (TPSA) is 267 Å². The highest BCUT2D eigenvalue weighted by Crippen LogP contribution is 2.48. The second-order valence-electron chi connectivity index (χ2n) is 9.48. The molecule has 2 aliphatic heterocycles. The van der Waals surface area contributed by atoms with Crippen LogP contribution in [0.1, 0.15) is 32.9 Å². The molecule has 238 valence electrons. The lowest BCUT2D eigenvalue weighted by atomic mass is 10.2. The average Bonchev–Trinajstić information content (AvgIpc) is 3.63. The van der Waals surface area contributed by atoms with Gasteiger partial charge in [0.2, 0.25) is 5.95 Å². The molecule has 0 spiro atoms. The molecule has 0 saturated carbocycles. The molecule has 19 nitrogen and oxygen atoms in total. The molecule has 2 aromatic heterocycles. The summed E-state index contributed by atoms with van der Waals surface area (Å²) in [4.78, 5) is 50.4. The van der Waals surface area contributed by atoms with Crippen LogP contribution in [0.3, 0.4) is 0 Å². The van der Waals surface area contributed by atoms with E-state index in [1.54, 1.807) is 13.8 Å². The van der Waals surface area contributed by atoms with Gasteiger partial charge in [-0.3, -0.25) is 28.3 Å². The minimum absolute atomic E-state index is 0.000782. The molecule has 2 aliphatic rings. The maximum atomic E-state index is 13.1. The van der Waals surface area contributed by atoms with E-state index in [2.05, 4.69) is 26.5 Å². The van der Waals surface area contributed by atoms with Gasteiger partial charge in [0.25, 0.3) is 5.56 Å². The number of nitrogens with one attached hydrogen (secondary N) is 1. The highest BCUT2D eigenvalue weighted by atomic mass is 31.2. The quantitative estimate of drug-likeness (QED) is 0.110. The van der Waals surface area contributed by atoms with Crippen molar-refractivity contribution in [2.24, 2.45) is 16.5 Å². The first-order valence-electron chi connectivity index (χ1n) is 13.4. The molecule has 0 radical (unpaired) electrons. The molecular weight excluding hydrogens is 593 g/mol. The largest absolute Gasteiger partial charge is 0.472 e. The van der Waals surface area contributed by atoms with Gasteiger partial charge in [-0.05, 0) is 13.8 Å². The molecule has 2 amide bonds. The number of imidazole rings is 1. The van der Waals surface area contributed by atoms with Gasteiger partial charge in [-0.2, -0.15) is 9.98 Å². The SMILES string of the molecule is C=CN(C(=O)N=C(N)N)[C@H]1C[C@@H](OP(=O)(O)OC[C@H]2O[C@@H](n3cnc4c(=O)[nH]c(N)nc43)C[C@H]2OCC)[C@@H](COCC)O1. The summed E-state index contributed by atoms with van der Waals surface area (Å²) in [6.07, 6.45) is -2.05. The molecule has 0 aromatic carbocycles. The van der Waals surface area contributed by atoms with Crippen LogP contribution in [0.25, 0.3) is 11.2 Å². The van der Waals surface area contributed by atoms with E-state index in [0.717, 1.165) is 4.90 Å². The van der Waals surface area contributed by atoms with Crippen molar-refractivity contribution < 1.29 is 42.2 Å². The minimum atomic E-state index is -4.71. The predicted octanol–water partition coefficient (Wildman–Crippen LogP) is -0.113. The van der Waals surface area contributed by atoms with Gasteiger partial charge in [-0.15, -0.1) is 0 Å². The minimum Gasteiger partial charge on any atom is -0.379 e. The standard InChI is InChI=1S/C23H36N9O10P/c1-4-31(23(34)30-21(24)25)16-8-13(14(40-16)9-37-5-2)42-43(35,36)39-10-15-12(38-6-3)7-17(41-15)32-11-27-18-19(32)28-22(26)29-20(18)33/h4,11-17H,1,5-10H2,2-3H3,(H,35,36)(H4,24,25,30,34)(H3,26,28,29,33)/t12-,13-,14-,15-,16-,17-/m1/s1. The summed E-state index contributed by atoms with van der Waals surface area (Å²) in [6.45, 7) is 7.42.